The number of carbonyl (C=O) groups excluding carboxylic acids is 2. The zero-order chi connectivity index (χ0) is 14.0. The second-order valence-corrected chi connectivity index (χ2v) is 4.29. The van der Waals surface area contributed by atoms with Crippen molar-refractivity contribution in [2.75, 3.05) is 19.6 Å². The summed E-state index contributed by atoms with van der Waals surface area (Å²) >= 11 is 0. The number of nitrogens with one attached hydrogen (secondary N) is 1. The van der Waals surface area contributed by atoms with Gasteiger partial charge in [0.2, 0.25) is 5.91 Å². The van der Waals surface area contributed by atoms with E-state index in [0.717, 1.165) is 0 Å². The minimum absolute atomic E-state index is 0.0897. The number of hydrogen-bond acceptors (Lipinski definition) is 4. The molecule has 2 amide bonds. The van der Waals surface area contributed by atoms with Crippen LogP contribution >= 0.6 is 0 Å². The van der Waals surface area contributed by atoms with E-state index >= 15 is 0 Å². The van der Waals surface area contributed by atoms with Crippen molar-refractivity contribution in [2.45, 2.75) is 6.42 Å². The number of hydrogen-bond donors (Lipinski definition) is 1. The number of amides is 2. The summed E-state index contributed by atoms with van der Waals surface area (Å²) in [7, 11) is 1.48. The molecule has 0 atom stereocenters. The molecule has 8 nitrogen and oxygen atoms in total. The summed E-state index contributed by atoms with van der Waals surface area (Å²) in [4.78, 5) is 35.2. The zero-order valence-corrected chi connectivity index (χ0v) is 10.5. The van der Waals surface area contributed by atoms with Crippen LogP contribution < -0.4 is 5.32 Å². The molecule has 1 fully saturated rings. The smallest absolute Gasteiger partial charge is 0.323 e. The summed E-state index contributed by atoms with van der Waals surface area (Å²) in [6, 6.07) is 2.73. The molecule has 1 aliphatic rings. The highest BCUT2D eigenvalue weighted by atomic mass is 16.6. The Bertz CT molecular complexity index is 537. The van der Waals surface area contributed by atoms with Gasteiger partial charge < -0.3 is 20.3 Å². The molecule has 2 rings (SSSR count). The maximum atomic E-state index is 12.3. The lowest BCUT2D eigenvalue weighted by Crippen LogP contribution is -2.35. The number of carbonyl (C=O) groups is 2. The third-order valence-electron chi connectivity index (χ3n) is 3.10. The Hall–Kier alpha value is -2.38. The molecule has 1 N–H and O–H groups in total. The van der Waals surface area contributed by atoms with E-state index in [4.69, 9.17) is 0 Å². The number of nitrogens with zero attached hydrogens (tertiary/aromatic N) is 3. The van der Waals surface area contributed by atoms with Crippen LogP contribution in [0.3, 0.4) is 0 Å². The molecule has 0 aliphatic carbocycles. The van der Waals surface area contributed by atoms with Gasteiger partial charge in [-0.1, -0.05) is 0 Å². The summed E-state index contributed by atoms with van der Waals surface area (Å²) in [5.74, 6) is -0.521. The van der Waals surface area contributed by atoms with Crippen molar-refractivity contribution >= 4 is 17.6 Å². The lowest BCUT2D eigenvalue weighted by atomic mass is 10.3. The highest BCUT2D eigenvalue weighted by Gasteiger charge is 2.26. The Balaban J connectivity index is 2.19. The van der Waals surface area contributed by atoms with E-state index < -0.39 is 4.92 Å². The van der Waals surface area contributed by atoms with Crippen LogP contribution in [0.4, 0.5) is 5.82 Å². The van der Waals surface area contributed by atoms with Gasteiger partial charge in [-0.3, -0.25) is 9.59 Å². The van der Waals surface area contributed by atoms with Crippen molar-refractivity contribution in [2.24, 2.45) is 7.05 Å². The van der Waals surface area contributed by atoms with Crippen LogP contribution in [0.25, 0.3) is 0 Å². The second-order valence-electron chi connectivity index (χ2n) is 4.29. The molecular weight excluding hydrogens is 252 g/mol. The van der Waals surface area contributed by atoms with E-state index in [1.54, 1.807) is 0 Å². The van der Waals surface area contributed by atoms with Gasteiger partial charge in [0.05, 0.1) is 7.05 Å². The predicted molar refractivity (Wildman–Crippen MR) is 65.6 cm³/mol. The molecule has 0 saturated carbocycles. The predicted octanol–water partition coefficient (Wildman–Crippen LogP) is -0.105. The van der Waals surface area contributed by atoms with Crippen LogP contribution in [0, 0.1) is 10.1 Å². The van der Waals surface area contributed by atoms with E-state index in [1.807, 2.05) is 0 Å². The van der Waals surface area contributed by atoms with Crippen molar-refractivity contribution in [3.63, 3.8) is 0 Å². The van der Waals surface area contributed by atoms with Crippen LogP contribution in [-0.4, -0.2) is 45.8 Å². The van der Waals surface area contributed by atoms with Crippen molar-refractivity contribution in [1.29, 1.82) is 0 Å². The quantitative estimate of drug-likeness (QED) is 0.596. The topological polar surface area (TPSA) is 97.5 Å². The Kier molecular flexibility index (Phi) is 3.50. The molecule has 1 aromatic heterocycles. The van der Waals surface area contributed by atoms with Gasteiger partial charge in [-0.25, -0.2) is 4.57 Å². The average molecular weight is 266 g/mol. The third-order valence-corrected chi connectivity index (χ3v) is 3.10. The first kappa shape index (κ1) is 13.1. The van der Waals surface area contributed by atoms with Gasteiger partial charge in [-0.15, -0.1) is 0 Å². The first-order valence-corrected chi connectivity index (χ1v) is 5.87. The summed E-state index contributed by atoms with van der Waals surface area (Å²) in [5.41, 5.74) is 0.251. The van der Waals surface area contributed by atoms with Crippen molar-refractivity contribution in [1.82, 2.24) is 14.8 Å². The Morgan fingerprint density at radius 3 is 2.79 bits per heavy atom. The molecule has 8 heteroatoms. The standard InChI is InChI=1S/C11H14N4O4/c1-13-8(2-3-10(13)15(18)19)11(17)14-6-4-9(16)12-5-7-14/h2-3H,4-7H2,1H3,(H,12,16). The van der Waals surface area contributed by atoms with E-state index in [1.165, 1.54) is 28.6 Å². The molecule has 0 unspecified atom stereocenters. The second kappa shape index (κ2) is 5.09. The summed E-state index contributed by atoms with van der Waals surface area (Å²) in [6.45, 7) is 1.13. The fraction of sp³-hybridized carbons (Fsp3) is 0.455. The number of aromatic nitrogens is 1. The van der Waals surface area contributed by atoms with Gasteiger partial charge in [-0.2, -0.15) is 0 Å². The highest BCUT2D eigenvalue weighted by Crippen LogP contribution is 2.17. The van der Waals surface area contributed by atoms with Crippen LogP contribution in [-0.2, 0) is 11.8 Å². The number of nitro groups is 1. The van der Waals surface area contributed by atoms with E-state index in [9.17, 15) is 19.7 Å². The molecule has 0 bridgehead atoms. The monoisotopic (exact) mass is 266 g/mol. The Labute approximate surface area is 109 Å². The normalized spacial score (nSPS) is 15.8. The van der Waals surface area contributed by atoms with Gasteiger partial charge in [0.1, 0.15) is 0 Å². The fourth-order valence-electron chi connectivity index (χ4n) is 2.03. The molecule has 0 radical (unpaired) electrons. The van der Waals surface area contributed by atoms with Gasteiger partial charge in [0, 0.05) is 32.1 Å². The average Bonchev–Trinajstić information content (AvgIpc) is 2.60. The van der Waals surface area contributed by atoms with Gasteiger partial charge in [0.25, 0.3) is 5.91 Å². The summed E-state index contributed by atoms with van der Waals surface area (Å²) in [6.07, 6.45) is 0.248. The van der Waals surface area contributed by atoms with Gasteiger partial charge in [0.15, 0.2) is 5.69 Å². The molecular formula is C11H14N4O4. The third kappa shape index (κ3) is 2.56. The Morgan fingerprint density at radius 1 is 1.42 bits per heavy atom. The molecule has 1 aromatic rings. The first-order valence-electron chi connectivity index (χ1n) is 5.87. The minimum atomic E-state index is -0.537. The molecule has 19 heavy (non-hydrogen) atoms. The van der Waals surface area contributed by atoms with Crippen LogP contribution in [0.5, 0.6) is 0 Å². The van der Waals surface area contributed by atoms with Crippen molar-refractivity contribution in [3.05, 3.63) is 27.9 Å². The zero-order valence-electron chi connectivity index (χ0n) is 10.5. The maximum Gasteiger partial charge on any atom is 0.323 e. The van der Waals surface area contributed by atoms with E-state index in [-0.39, 0.29) is 29.7 Å². The molecule has 2 heterocycles. The minimum Gasteiger partial charge on any atom is -0.358 e. The Morgan fingerprint density at radius 2 is 2.16 bits per heavy atom. The number of rotatable bonds is 2. The van der Waals surface area contributed by atoms with Crippen LogP contribution in [0.2, 0.25) is 0 Å². The van der Waals surface area contributed by atoms with Crippen molar-refractivity contribution < 1.29 is 14.5 Å². The molecule has 102 valence electrons. The van der Waals surface area contributed by atoms with Crippen LogP contribution in [0.1, 0.15) is 16.9 Å². The maximum absolute atomic E-state index is 12.3. The summed E-state index contributed by atoms with van der Waals surface area (Å²) < 4.78 is 1.25. The fourth-order valence-corrected chi connectivity index (χ4v) is 2.03. The summed E-state index contributed by atoms with van der Waals surface area (Å²) in [5, 5.41) is 13.4. The molecule has 0 aromatic carbocycles. The largest absolute Gasteiger partial charge is 0.358 e. The van der Waals surface area contributed by atoms with Crippen LogP contribution in [0.15, 0.2) is 12.1 Å². The van der Waals surface area contributed by atoms with Gasteiger partial charge >= 0.3 is 5.82 Å². The lowest BCUT2D eigenvalue weighted by molar-refractivity contribution is -0.391. The highest BCUT2D eigenvalue weighted by molar-refractivity contribution is 5.93. The van der Waals surface area contributed by atoms with Crippen molar-refractivity contribution in [3.8, 4) is 0 Å². The molecule has 1 saturated heterocycles. The SMILES string of the molecule is Cn1c(C(=O)N2CCNC(=O)CC2)ccc1[N+](=O)[O-]. The lowest BCUT2D eigenvalue weighted by Gasteiger charge is -2.18. The first-order chi connectivity index (χ1) is 9.00. The van der Waals surface area contributed by atoms with Gasteiger partial charge in [-0.05, 0) is 11.0 Å². The van der Waals surface area contributed by atoms with E-state index in [2.05, 4.69) is 5.32 Å². The molecule has 0 spiro atoms. The molecule has 1 aliphatic heterocycles. The van der Waals surface area contributed by atoms with E-state index in [0.29, 0.717) is 19.6 Å².